The van der Waals surface area contributed by atoms with Crippen LogP contribution in [-0.2, 0) is 21.8 Å². The number of halogens is 1. The first-order chi connectivity index (χ1) is 9.22. The number of carbonyl (C=O) groups excluding carboxylic acids is 1. The van der Waals surface area contributed by atoms with Crippen LogP contribution in [0.1, 0.15) is 30.5 Å². The van der Waals surface area contributed by atoms with Crippen LogP contribution in [-0.4, -0.2) is 41.6 Å². The zero-order valence-corrected chi connectivity index (χ0v) is 12.7. The Morgan fingerprint density at radius 2 is 2.53 bits per heavy atom. The molecule has 1 atom stereocenters. The molecule has 1 saturated heterocycles. The summed E-state index contributed by atoms with van der Waals surface area (Å²) in [6.45, 7) is 4.23. The van der Waals surface area contributed by atoms with E-state index in [-0.39, 0.29) is 12.0 Å². The minimum atomic E-state index is 0.119. The Balaban J connectivity index is 1.88. The van der Waals surface area contributed by atoms with Gasteiger partial charge in [-0.05, 0) is 19.8 Å². The highest BCUT2D eigenvalue weighted by Gasteiger charge is 2.22. The standard InChI is InChI=1S/C13H19ClN2O2S/c1-2-16(8-11-4-3-5-18-11)13(17)6-12-15-10(7-14)9-19-12/h9,11H,2-8H2,1H3. The van der Waals surface area contributed by atoms with Crippen LogP contribution < -0.4 is 0 Å². The van der Waals surface area contributed by atoms with Crippen molar-refractivity contribution in [3.05, 3.63) is 16.1 Å². The molecule has 1 aromatic heterocycles. The number of amides is 1. The molecule has 1 amide bonds. The molecule has 0 N–H and O–H groups in total. The van der Waals surface area contributed by atoms with Gasteiger partial charge < -0.3 is 9.64 Å². The quantitative estimate of drug-likeness (QED) is 0.758. The summed E-state index contributed by atoms with van der Waals surface area (Å²) in [5.74, 6) is 0.520. The Labute approximate surface area is 122 Å². The first kappa shape index (κ1) is 14.8. The van der Waals surface area contributed by atoms with Crippen LogP contribution in [0, 0.1) is 0 Å². The third kappa shape index (κ3) is 4.16. The first-order valence-electron chi connectivity index (χ1n) is 6.61. The molecule has 1 unspecified atom stereocenters. The average Bonchev–Trinajstić information content (AvgIpc) is 3.06. The number of likely N-dealkylation sites (N-methyl/N-ethyl adjacent to an activating group) is 1. The molecule has 19 heavy (non-hydrogen) atoms. The molecule has 0 aliphatic carbocycles. The van der Waals surface area contributed by atoms with Crippen LogP contribution in [0.2, 0.25) is 0 Å². The molecule has 0 bridgehead atoms. The number of ether oxygens (including phenoxy) is 1. The van der Waals surface area contributed by atoms with Gasteiger partial charge in [0.15, 0.2) is 0 Å². The summed E-state index contributed by atoms with van der Waals surface area (Å²) in [5.41, 5.74) is 0.844. The molecule has 1 aliphatic rings. The van der Waals surface area contributed by atoms with Gasteiger partial charge in [0.1, 0.15) is 5.01 Å². The van der Waals surface area contributed by atoms with Crippen LogP contribution in [0.3, 0.4) is 0 Å². The lowest BCUT2D eigenvalue weighted by Crippen LogP contribution is -2.38. The van der Waals surface area contributed by atoms with Gasteiger partial charge in [-0.1, -0.05) is 0 Å². The van der Waals surface area contributed by atoms with E-state index in [4.69, 9.17) is 16.3 Å². The van der Waals surface area contributed by atoms with Crippen molar-refractivity contribution in [3.8, 4) is 0 Å². The van der Waals surface area contributed by atoms with Crippen molar-refractivity contribution in [2.45, 2.75) is 38.2 Å². The lowest BCUT2D eigenvalue weighted by atomic mass is 10.2. The van der Waals surface area contributed by atoms with Crippen molar-refractivity contribution in [3.63, 3.8) is 0 Å². The van der Waals surface area contributed by atoms with Crippen LogP contribution in [0.5, 0.6) is 0 Å². The summed E-state index contributed by atoms with van der Waals surface area (Å²) < 4.78 is 5.58. The van der Waals surface area contributed by atoms with Crippen molar-refractivity contribution >= 4 is 28.8 Å². The minimum absolute atomic E-state index is 0.119. The highest BCUT2D eigenvalue weighted by atomic mass is 35.5. The van der Waals surface area contributed by atoms with Gasteiger partial charge in [0.2, 0.25) is 5.91 Å². The predicted molar refractivity (Wildman–Crippen MR) is 76.6 cm³/mol. The van der Waals surface area contributed by atoms with Gasteiger partial charge in [-0.3, -0.25) is 4.79 Å². The number of carbonyl (C=O) groups is 1. The maximum atomic E-state index is 12.2. The molecule has 1 aliphatic heterocycles. The lowest BCUT2D eigenvalue weighted by molar-refractivity contribution is -0.131. The van der Waals surface area contributed by atoms with Gasteiger partial charge in [0.25, 0.3) is 0 Å². The van der Waals surface area contributed by atoms with E-state index in [0.29, 0.717) is 25.4 Å². The zero-order chi connectivity index (χ0) is 13.7. The first-order valence-corrected chi connectivity index (χ1v) is 8.03. The fourth-order valence-corrected chi connectivity index (χ4v) is 3.19. The number of hydrogen-bond acceptors (Lipinski definition) is 4. The summed E-state index contributed by atoms with van der Waals surface area (Å²) >= 11 is 7.21. The molecule has 0 radical (unpaired) electrons. The predicted octanol–water partition coefficient (Wildman–Crippen LogP) is 2.45. The van der Waals surface area contributed by atoms with Gasteiger partial charge in [0.05, 0.1) is 24.1 Å². The number of alkyl halides is 1. The summed E-state index contributed by atoms with van der Waals surface area (Å²) in [6, 6.07) is 0. The third-order valence-electron chi connectivity index (χ3n) is 3.22. The van der Waals surface area contributed by atoms with Gasteiger partial charge in [0, 0.05) is 25.1 Å². The summed E-state index contributed by atoms with van der Waals surface area (Å²) in [7, 11) is 0. The number of rotatable bonds is 6. The molecule has 1 fully saturated rings. The summed E-state index contributed by atoms with van der Waals surface area (Å²) in [5, 5.41) is 2.75. The van der Waals surface area contributed by atoms with E-state index in [1.165, 1.54) is 11.3 Å². The van der Waals surface area contributed by atoms with E-state index in [1.54, 1.807) is 0 Å². The van der Waals surface area contributed by atoms with Gasteiger partial charge in [-0.25, -0.2) is 4.98 Å². The molecule has 0 spiro atoms. The summed E-state index contributed by atoms with van der Waals surface area (Å²) in [4.78, 5) is 18.4. The Bertz CT molecular complexity index is 419. The molecule has 1 aromatic rings. The number of aromatic nitrogens is 1. The SMILES string of the molecule is CCN(CC1CCCO1)C(=O)Cc1nc(CCl)cs1. The highest BCUT2D eigenvalue weighted by Crippen LogP contribution is 2.16. The van der Waals surface area contributed by atoms with Crippen molar-refractivity contribution < 1.29 is 9.53 Å². The van der Waals surface area contributed by atoms with E-state index in [2.05, 4.69) is 4.98 Å². The van der Waals surface area contributed by atoms with Crippen molar-refractivity contribution in [2.75, 3.05) is 19.7 Å². The van der Waals surface area contributed by atoms with E-state index >= 15 is 0 Å². The number of thiazole rings is 1. The number of nitrogens with zero attached hydrogens (tertiary/aromatic N) is 2. The Morgan fingerprint density at radius 3 is 3.11 bits per heavy atom. The van der Waals surface area contributed by atoms with Crippen LogP contribution >= 0.6 is 22.9 Å². The molecule has 106 valence electrons. The van der Waals surface area contributed by atoms with E-state index in [9.17, 15) is 4.79 Å². The molecule has 0 saturated carbocycles. The molecule has 0 aromatic carbocycles. The topological polar surface area (TPSA) is 42.4 Å². The van der Waals surface area contributed by atoms with Crippen molar-refractivity contribution in [1.82, 2.24) is 9.88 Å². The smallest absolute Gasteiger partial charge is 0.229 e. The lowest BCUT2D eigenvalue weighted by Gasteiger charge is -2.23. The third-order valence-corrected chi connectivity index (χ3v) is 4.39. The monoisotopic (exact) mass is 302 g/mol. The fraction of sp³-hybridized carbons (Fsp3) is 0.692. The second-order valence-electron chi connectivity index (χ2n) is 4.61. The minimum Gasteiger partial charge on any atom is -0.376 e. The van der Waals surface area contributed by atoms with Crippen LogP contribution in [0.15, 0.2) is 5.38 Å². The van der Waals surface area contributed by atoms with Gasteiger partial charge >= 0.3 is 0 Å². The second kappa shape index (κ2) is 7.22. The van der Waals surface area contributed by atoms with Crippen molar-refractivity contribution in [2.24, 2.45) is 0 Å². The van der Waals surface area contributed by atoms with E-state index < -0.39 is 0 Å². The molecule has 2 rings (SSSR count). The van der Waals surface area contributed by atoms with Crippen LogP contribution in [0.4, 0.5) is 0 Å². The molecular formula is C13H19ClN2O2S. The molecular weight excluding hydrogens is 284 g/mol. The van der Waals surface area contributed by atoms with Gasteiger partial charge in [-0.15, -0.1) is 22.9 Å². The zero-order valence-electron chi connectivity index (χ0n) is 11.1. The normalized spacial score (nSPS) is 18.7. The highest BCUT2D eigenvalue weighted by molar-refractivity contribution is 7.09. The Morgan fingerprint density at radius 1 is 1.68 bits per heavy atom. The molecule has 2 heterocycles. The Kier molecular flexibility index (Phi) is 5.60. The summed E-state index contributed by atoms with van der Waals surface area (Å²) in [6.07, 6.45) is 2.72. The molecule has 6 heteroatoms. The van der Waals surface area contributed by atoms with Crippen molar-refractivity contribution in [1.29, 1.82) is 0 Å². The van der Waals surface area contributed by atoms with Crippen LogP contribution in [0.25, 0.3) is 0 Å². The second-order valence-corrected chi connectivity index (χ2v) is 5.82. The molecule has 4 nitrogen and oxygen atoms in total. The average molecular weight is 303 g/mol. The fourth-order valence-electron chi connectivity index (χ4n) is 2.17. The van der Waals surface area contributed by atoms with E-state index in [0.717, 1.165) is 30.2 Å². The van der Waals surface area contributed by atoms with Gasteiger partial charge in [-0.2, -0.15) is 0 Å². The number of hydrogen-bond donors (Lipinski definition) is 0. The maximum Gasteiger partial charge on any atom is 0.229 e. The maximum absolute atomic E-state index is 12.2. The Hall–Kier alpha value is -0.650. The van der Waals surface area contributed by atoms with E-state index in [1.807, 2.05) is 17.2 Å². The largest absolute Gasteiger partial charge is 0.376 e.